The van der Waals surface area contributed by atoms with Gasteiger partial charge in [-0.05, 0) is 12.8 Å². The standard InChI is InChI=1S/C16H23NO3S.7Y/c1-4-16(5-2)13(3)17(11-8-12-21(18,19)20)15-10-7-6-9-14(15)16;;;;;;;/h7,9-10H,4-5,8,11-12H2,1-3H3,(H,18,19,20);;;;;;;/p-1. The van der Waals surface area contributed by atoms with Crippen molar-refractivity contribution in [2.45, 2.75) is 45.4 Å². The molecule has 0 aromatic heterocycles. The molecule has 1 aromatic carbocycles. The molecule has 28 heavy (non-hydrogen) atoms. The Morgan fingerprint density at radius 3 is 1.96 bits per heavy atom. The van der Waals surface area contributed by atoms with E-state index in [1.54, 1.807) is 0 Å². The Morgan fingerprint density at radius 1 is 1.04 bits per heavy atom. The number of rotatable bonds is 6. The van der Waals surface area contributed by atoms with Crippen LogP contribution in [-0.4, -0.2) is 35.6 Å². The minimum atomic E-state index is -4.14. The SMILES string of the molecule is CCC1(CC)C(C)=[N+](CCCS(=O)(=O)[O-])c2cc[c-]cc21.[Y].[Y].[Y].[Y].[Y].[Y].[Y]. The van der Waals surface area contributed by atoms with Crippen molar-refractivity contribution in [1.29, 1.82) is 0 Å². The zero-order valence-electron chi connectivity index (χ0n) is 16.9. The van der Waals surface area contributed by atoms with E-state index in [1.165, 1.54) is 11.3 Å². The van der Waals surface area contributed by atoms with Crippen molar-refractivity contribution < 1.29 is 247 Å². The number of hydrogen-bond acceptors (Lipinski definition) is 3. The van der Waals surface area contributed by atoms with Gasteiger partial charge in [-0.1, -0.05) is 19.4 Å². The van der Waals surface area contributed by atoms with E-state index < -0.39 is 10.1 Å². The van der Waals surface area contributed by atoms with Gasteiger partial charge in [0.1, 0.15) is 12.2 Å². The zero-order valence-corrected chi connectivity index (χ0v) is 37.6. The molecule has 0 bridgehead atoms. The van der Waals surface area contributed by atoms with Crippen LogP contribution in [-0.2, 0) is 244 Å². The van der Waals surface area contributed by atoms with Crippen molar-refractivity contribution in [2.75, 3.05) is 12.3 Å². The maximum atomic E-state index is 10.8. The van der Waals surface area contributed by atoms with Gasteiger partial charge in [0.15, 0.2) is 5.71 Å². The quantitative estimate of drug-likeness (QED) is 0.251. The van der Waals surface area contributed by atoms with Gasteiger partial charge >= 0.3 is 0 Å². The number of hydrogen-bond donors (Lipinski definition) is 0. The molecule has 0 fully saturated rings. The summed E-state index contributed by atoms with van der Waals surface area (Å²) in [6, 6.07) is 9.09. The zero-order chi connectivity index (χ0) is 15.7. The van der Waals surface area contributed by atoms with Crippen molar-refractivity contribution in [1.82, 2.24) is 0 Å². The first-order valence-electron chi connectivity index (χ1n) is 7.41. The van der Waals surface area contributed by atoms with Gasteiger partial charge in [0, 0.05) is 253 Å². The van der Waals surface area contributed by atoms with Crippen LogP contribution in [0.5, 0.6) is 0 Å². The number of benzene rings is 1. The molecule has 1 heterocycles. The third-order valence-electron chi connectivity index (χ3n) is 4.73. The Balaban J connectivity index is -0.000000173. The van der Waals surface area contributed by atoms with E-state index in [1.807, 2.05) is 18.2 Å². The molecular formula is C16H22NO3SY7-. The van der Waals surface area contributed by atoms with Gasteiger partial charge < -0.3 is 4.55 Å². The van der Waals surface area contributed by atoms with Gasteiger partial charge in [-0.3, -0.25) is 0 Å². The van der Waals surface area contributed by atoms with Crippen LogP contribution in [0.2, 0.25) is 0 Å². The second-order valence-corrected chi connectivity index (χ2v) is 7.11. The molecule has 0 saturated heterocycles. The summed E-state index contributed by atoms with van der Waals surface area (Å²) in [6.45, 7) is 7.02. The topological polar surface area (TPSA) is 60.2 Å². The maximum Gasteiger partial charge on any atom is 0.152 e. The van der Waals surface area contributed by atoms with Crippen LogP contribution in [0.25, 0.3) is 0 Å². The first kappa shape index (κ1) is 47.7. The average Bonchev–Trinajstić information content (AvgIpc) is 2.68. The molecule has 1 aromatic rings. The molecule has 0 N–H and O–H groups in total. The summed E-state index contributed by atoms with van der Waals surface area (Å²) >= 11 is 0. The summed E-state index contributed by atoms with van der Waals surface area (Å²) < 4.78 is 34.5. The average molecular weight is 931 g/mol. The monoisotopic (exact) mass is 930 g/mol. The van der Waals surface area contributed by atoms with Crippen molar-refractivity contribution >= 4 is 21.5 Å². The Hall–Kier alpha value is 6.53. The smallest absolute Gasteiger partial charge is 0.152 e. The summed E-state index contributed by atoms with van der Waals surface area (Å²) in [5.74, 6) is -0.309. The van der Waals surface area contributed by atoms with Crippen LogP contribution in [0.3, 0.4) is 0 Å². The minimum absolute atomic E-state index is 0. The van der Waals surface area contributed by atoms with Gasteiger partial charge in [0.05, 0.1) is 10.1 Å². The Bertz CT molecular complexity index is 681. The van der Waals surface area contributed by atoms with Crippen molar-refractivity contribution in [3.63, 3.8) is 0 Å². The van der Waals surface area contributed by atoms with Gasteiger partial charge in [-0.15, -0.1) is 6.07 Å². The van der Waals surface area contributed by atoms with Crippen LogP contribution in [0.1, 0.15) is 45.6 Å². The van der Waals surface area contributed by atoms with Gasteiger partial charge in [-0.2, -0.15) is 18.2 Å². The van der Waals surface area contributed by atoms with Crippen LogP contribution in [0, 0.1) is 6.07 Å². The second-order valence-electron chi connectivity index (χ2n) is 5.58. The fourth-order valence-corrected chi connectivity index (χ4v) is 3.99. The van der Waals surface area contributed by atoms with Crippen molar-refractivity contribution in [3.8, 4) is 0 Å². The largest absolute Gasteiger partial charge is 0.748 e. The molecule has 0 atom stereocenters. The molecule has 0 saturated carbocycles. The van der Waals surface area contributed by atoms with Crippen LogP contribution in [0.15, 0.2) is 18.2 Å². The first-order valence-corrected chi connectivity index (χ1v) is 8.99. The third kappa shape index (κ3) is 12.7. The van der Waals surface area contributed by atoms with E-state index in [9.17, 15) is 13.0 Å². The molecule has 0 amide bonds. The predicted octanol–water partition coefficient (Wildman–Crippen LogP) is 2.58. The summed E-state index contributed by atoms with van der Waals surface area (Å²) in [4.78, 5) is 0. The van der Waals surface area contributed by atoms with E-state index in [0.29, 0.717) is 13.0 Å². The predicted molar refractivity (Wildman–Crippen MR) is 82.2 cm³/mol. The number of fused-ring (bicyclic) bond motifs is 1. The van der Waals surface area contributed by atoms with E-state index in [4.69, 9.17) is 0 Å². The normalized spacial score (nSPS) is 12.9. The fourth-order valence-electron chi connectivity index (χ4n) is 3.50. The molecule has 12 heteroatoms. The van der Waals surface area contributed by atoms with E-state index in [2.05, 4.69) is 31.4 Å². The Kier molecular flexibility index (Phi) is 38.7. The van der Waals surface area contributed by atoms with E-state index in [-0.39, 0.29) is 240 Å². The summed E-state index contributed by atoms with van der Waals surface area (Å²) in [6.07, 6.45) is 2.35. The molecule has 1 aliphatic rings. The molecule has 137 valence electrons. The maximum absolute atomic E-state index is 10.8. The van der Waals surface area contributed by atoms with Crippen molar-refractivity contribution in [3.05, 3.63) is 29.8 Å². The molecular weight excluding hydrogens is 909 g/mol. The third-order valence-corrected chi connectivity index (χ3v) is 5.52. The molecule has 2 rings (SSSR count). The Morgan fingerprint density at radius 2 is 1.54 bits per heavy atom. The van der Waals surface area contributed by atoms with Crippen molar-refractivity contribution in [2.24, 2.45) is 0 Å². The van der Waals surface area contributed by atoms with Gasteiger partial charge in [0.2, 0.25) is 0 Å². The van der Waals surface area contributed by atoms with Crippen LogP contribution >= 0.6 is 0 Å². The second kappa shape index (κ2) is 22.7. The minimum Gasteiger partial charge on any atom is -0.748 e. The van der Waals surface area contributed by atoms with Crippen LogP contribution in [0.4, 0.5) is 5.69 Å². The molecule has 1 aliphatic heterocycles. The summed E-state index contributed by atoms with van der Waals surface area (Å²) in [7, 11) is -4.14. The number of nitrogens with zero attached hydrogens (tertiary/aromatic N) is 1. The van der Waals surface area contributed by atoms with Crippen LogP contribution < -0.4 is 0 Å². The Labute approximate surface area is 346 Å². The fraction of sp³-hybridized carbons (Fsp3) is 0.562. The van der Waals surface area contributed by atoms with E-state index in [0.717, 1.165) is 18.5 Å². The molecule has 0 unspecified atom stereocenters. The summed E-state index contributed by atoms with van der Waals surface area (Å²) in [5, 5.41) is 0. The molecule has 7 radical (unpaired) electrons. The first-order chi connectivity index (χ1) is 9.85. The molecule has 0 aliphatic carbocycles. The van der Waals surface area contributed by atoms with Gasteiger partial charge in [0.25, 0.3) is 0 Å². The van der Waals surface area contributed by atoms with E-state index >= 15 is 0 Å². The molecule has 0 spiro atoms. The summed E-state index contributed by atoms with van der Waals surface area (Å²) in [5.41, 5.74) is 3.63. The molecule has 4 nitrogen and oxygen atoms in total. The van der Waals surface area contributed by atoms with Gasteiger partial charge in [-0.25, -0.2) is 13.0 Å².